The first kappa shape index (κ1) is 19.0. The zero-order valence-corrected chi connectivity index (χ0v) is 10.9. The van der Waals surface area contributed by atoms with E-state index in [1.807, 2.05) is 0 Å². The topological polar surface area (TPSA) is 9.23 Å². The molecule has 0 atom stereocenters. The van der Waals surface area contributed by atoms with Crippen LogP contribution < -0.4 is 4.74 Å². The minimum Gasteiger partial charge on any atom is -0.440 e. The molecule has 0 spiro atoms. The normalized spacial score (nSPS) is 19.5. The van der Waals surface area contributed by atoms with Crippen LogP contribution in [0.3, 0.4) is 0 Å². The largest absolute Gasteiger partial charge is 0.440 e. The monoisotopic (exact) mass is 388 g/mol. The van der Waals surface area contributed by atoms with Crippen LogP contribution in [-0.4, -0.2) is 11.8 Å². The molecule has 0 aromatic heterocycles. The Morgan fingerprint density at radius 3 is 1.16 bits per heavy atom. The van der Waals surface area contributed by atoms with Gasteiger partial charge < -0.3 is 4.74 Å². The van der Waals surface area contributed by atoms with E-state index in [-0.39, 0.29) is 0 Å². The molecule has 0 unspecified atom stereocenters. The van der Waals surface area contributed by atoms with Crippen molar-refractivity contribution in [3.63, 3.8) is 0 Å². The fourth-order valence-electron chi connectivity index (χ4n) is 1.66. The van der Waals surface area contributed by atoms with E-state index in [0.29, 0.717) is 0 Å². The first-order valence-electron chi connectivity index (χ1n) is 5.68. The quantitative estimate of drug-likeness (QED) is 0.376. The fourth-order valence-corrected chi connectivity index (χ4v) is 1.66. The maximum absolute atomic E-state index is 14.0. The van der Waals surface area contributed by atoms with Gasteiger partial charge in [-0.3, -0.25) is 0 Å². The first-order valence-corrected chi connectivity index (χ1v) is 5.68. The van der Waals surface area contributed by atoms with Crippen molar-refractivity contribution in [2.75, 3.05) is 0 Å². The molecule has 0 amide bonds. The second-order valence-corrected chi connectivity index (χ2v) is 4.43. The van der Waals surface area contributed by atoms with Gasteiger partial charge in [0.1, 0.15) is 0 Å². The Balaban J connectivity index is 2.71. The number of ether oxygens (including phenoxy) is 1. The molecule has 0 heterocycles. The van der Waals surface area contributed by atoms with Crippen LogP contribution in [0.15, 0.2) is 23.3 Å². The second-order valence-electron chi connectivity index (χ2n) is 4.43. The third-order valence-electron chi connectivity index (χ3n) is 2.91. The molecule has 1 aliphatic carbocycles. The molecule has 0 saturated heterocycles. The Morgan fingerprint density at radius 1 is 0.480 bits per heavy atom. The molecular weight excluding hydrogens is 388 g/mol. The lowest BCUT2D eigenvalue weighted by Crippen LogP contribution is -2.42. The van der Waals surface area contributed by atoms with E-state index in [1.54, 1.807) is 0 Å². The lowest BCUT2D eigenvalue weighted by atomic mass is 10.0. The molecule has 0 radical (unpaired) electrons. The summed E-state index contributed by atoms with van der Waals surface area (Å²) in [5.74, 6) is -42.2. The average molecular weight is 388 g/mol. The molecule has 1 nitrogen and oxygen atoms in total. The highest BCUT2D eigenvalue weighted by molar-refractivity contribution is 5.41. The summed E-state index contributed by atoms with van der Waals surface area (Å²) in [6.45, 7) is 0. The van der Waals surface area contributed by atoms with E-state index in [9.17, 15) is 52.7 Å². The summed E-state index contributed by atoms with van der Waals surface area (Å²) in [5, 5.41) is 0. The Labute approximate surface area is 128 Å². The third kappa shape index (κ3) is 2.43. The lowest BCUT2D eigenvalue weighted by Gasteiger charge is -2.29. The predicted octanol–water partition coefficient (Wildman–Crippen LogP) is 5.38. The van der Waals surface area contributed by atoms with Gasteiger partial charge in [-0.25, -0.2) is 30.7 Å². The number of halogens is 12. The van der Waals surface area contributed by atoms with Crippen LogP contribution in [0.1, 0.15) is 0 Å². The summed E-state index contributed by atoms with van der Waals surface area (Å²) >= 11 is 0. The van der Waals surface area contributed by atoms with Gasteiger partial charge >= 0.3 is 11.8 Å². The van der Waals surface area contributed by atoms with Crippen molar-refractivity contribution < 1.29 is 57.4 Å². The highest BCUT2D eigenvalue weighted by atomic mass is 19.3. The van der Waals surface area contributed by atoms with Gasteiger partial charge in [0, 0.05) is 0 Å². The predicted molar refractivity (Wildman–Crippen MR) is 54.1 cm³/mol. The van der Waals surface area contributed by atoms with Crippen LogP contribution in [0, 0.1) is 29.1 Å². The van der Waals surface area contributed by atoms with Crippen molar-refractivity contribution in [3.05, 3.63) is 52.4 Å². The van der Waals surface area contributed by atoms with Crippen molar-refractivity contribution in [2.45, 2.75) is 11.8 Å². The maximum Gasteiger partial charge on any atom is 0.359 e. The highest BCUT2D eigenvalue weighted by Gasteiger charge is 2.62. The van der Waals surface area contributed by atoms with Crippen LogP contribution in [0.25, 0.3) is 0 Å². The zero-order chi connectivity index (χ0) is 19.5. The number of rotatable bonds is 2. The van der Waals surface area contributed by atoms with Crippen molar-refractivity contribution in [2.24, 2.45) is 0 Å². The SMILES string of the molecule is FC1=C(F)C(F)(Oc2c(F)c(F)c(F)c(F)c2F)C(F)=C(F)C1(F)F. The molecule has 0 saturated carbocycles. The highest BCUT2D eigenvalue weighted by Crippen LogP contribution is 2.51. The van der Waals surface area contributed by atoms with E-state index in [4.69, 9.17) is 0 Å². The summed E-state index contributed by atoms with van der Waals surface area (Å²) in [6, 6.07) is 0. The molecule has 1 aromatic rings. The third-order valence-corrected chi connectivity index (χ3v) is 2.91. The Morgan fingerprint density at radius 2 is 0.800 bits per heavy atom. The van der Waals surface area contributed by atoms with Crippen LogP contribution in [0.5, 0.6) is 5.75 Å². The molecule has 13 heteroatoms. The molecule has 0 aliphatic heterocycles. The summed E-state index contributed by atoms with van der Waals surface area (Å²) in [4.78, 5) is 0. The average Bonchev–Trinajstić information content (AvgIpc) is 2.57. The fraction of sp³-hybridized carbons (Fsp3) is 0.167. The lowest BCUT2D eigenvalue weighted by molar-refractivity contribution is -0.0718. The van der Waals surface area contributed by atoms with Crippen molar-refractivity contribution in [1.29, 1.82) is 0 Å². The molecule has 1 aliphatic rings. The minimum atomic E-state index is -5.62. The van der Waals surface area contributed by atoms with Crippen LogP contribution in [0.4, 0.5) is 52.7 Å². The standard InChI is InChI=1S/C12F12O/c13-1-2(14)4(16)6(5(17)3(1)15)25-12(24)9(20)7(18)11(22,23)8(19)10(12)21. The van der Waals surface area contributed by atoms with Gasteiger partial charge in [0.15, 0.2) is 0 Å². The smallest absolute Gasteiger partial charge is 0.359 e. The molecule has 0 N–H and O–H groups in total. The van der Waals surface area contributed by atoms with Gasteiger partial charge in [0.25, 0.3) is 0 Å². The Hall–Kier alpha value is -2.34. The molecular formula is C12F12O. The van der Waals surface area contributed by atoms with Gasteiger partial charge in [0.2, 0.25) is 58.1 Å². The van der Waals surface area contributed by atoms with Crippen molar-refractivity contribution in [1.82, 2.24) is 0 Å². The maximum atomic E-state index is 14.0. The van der Waals surface area contributed by atoms with Crippen molar-refractivity contribution in [3.8, 4) is 5.75 Å². The number of benzene rings is 1. The van der Waals surface area contributed by atoms with Gasteiger partial charge in [-0.1, -0.05) is 0 Å². The van der Waals surface area contributed by atoms with E-state index in [2.05, 4.69) is 4.74 Å². The van der Waals surface area contributed by atoms with Gasteiger partial charge in [-0.15, -0.1) is 0 Å². The van der Waals surface area contributed by atoms with Crippen LogP contribution >= 0.6 is 0 Å². The van der Waals surface area contributed by atoms with E-state index < -0.39 is 69.9 Å². The minimum absolute atomic E-state index is 2.70. The molecule has 1 aromatic carbocycles. The molecule has 0 fully saturated rings. The summed E-state index contributed by atoms with van der Waals surface area (Å²) in [7, 11) is 0. The molecule has 0 bridgehead atoms. The van der Waals surface area contributed by atoms with E-state index in [0.717, 1.165) is 0 Å². The number of alkyl halides is 3. The molecule has 2 rings (SSSR count). The molecule has 25 heavy (non-hydrogen) atoms. The van der Waals surface area contributed by atoms with E-state index >= 15 is 0 Å². The number of hydrogen-bond acceptors (Lipinski definition) is 1. The van der Waals surface area contributed by atoms with Gasteiger partial charge in [-0.05, 0) is 0 Å². The van der Waals surface area contributed by atoms with Crippen LogP contribution in [-0.2, 0) is 0 Å². The Kier molecular flexibility index (Phi) is 4.25. The van der Waals surface area contributed by atoms with Crippen LogP contribution in [0.2, 0.25) is 0 Å². The second kappa shape index (κ2) is 5.59. The van der Waals surface area contributed by atoms with Crippen molar-refractivity contribution >= 4 is 0 Å². The van der Waals surface area contributed by atoms with E-state index in [1.165, 1.54) is 0 Å². The van der Waals surface area contributed by atoms with Gasteiger partial charge in [-0.2, -0.15) is 22.0 Å². The number of allylic oxidation sites excluding steroid dienone is 2. The summed E-state index contributed by atoms with van der Waals surface area (Å²) in [6.07, 6.45) is 0. The summed E-state index contributed by atoms with van der Waals surface area (Å²) in [5.41, 5.74) is 0. The van der Waals surface area contributed by atoms with Gasteiger partial charge in [0.05, 0.1) is 0 Å². The first-order chi connectivity index (χ1) is 11.3. The number of hydrogen-bond donors (Lipinski definition) is 0. The summed E-state index contributed by atoms with van der Waals surface area (Å²) < 4.78 is 161. The zero-order valence-electron chi connectivity index (χ0n) is 10.9. The Bertz CT molecular complexity index is 767. The molecule has 138 valence electrons.